The third-order valence-electron chi connectivity index (χ3n) is 3.54. The average Bonchev–Trinajstić information content (AvgIpc) is 2.38. The lowest BCUT2D eigenvalue weighted by Crippen LogP contribution is -2.43. The summed E-state index contributed by atoms with van der Waals surface area (Å²) >= 11 is 6.03. The van der Waals surface area contributed by atoms with Gasteiger partial charge in [-0.25, -0.2) is 0 Å². The number of nitrogens with zero attached hydrogens (tertiary/aromatic N) is 1. The first-order chi connectivity index (χ1) is 9.06. The van der Waals surface area contributed by atoms with Crippen LogP contribution in [0.25, 0.3) is 0 Å². The fourth-order valence-corrected chi connectivity index (χ4v) is 2.42. The van der Waals surface area contributed by atoms with Gasteiger partial charge in [-0.15, -0.1) is 0 Å². The summed E-state index contributed by atoms with van der Waals surface area (Å²) in [5.74, 6) is 0.000776. The second-order valence-electron chi connectivity index (χ2n) is 5.07. The molecule has 3 N–H and O–H groups in total. The number of hydrogen-bond donors (Lipinski definition) is 2. The summed E-state index contributed by atoms with van der Waals surface area (Å²) in [6.07, 6.45) is 1.92. The van der Waals surface area contributed by atoms with Gasteiger partial charge in [-0.05, 0) is 37.5 Å². The molecule has 1 aromatic carbocycles. The molecule has 19 heavy (non-hydrogen) atoms. The van der Waals surface area contributed by atoms with E-state index in [2.05, 4.69) is 10.2 Å². The largest absolute Gasteiger partial charge is 0.328 e. The van der Waals surface area contributed by atoms with Crippen LogP contribution in [0.15, 0.2) is 18.2 Å². The van der Waals surface area contributed by atoms with Crippen molar-refractivity contribution in [2.75, 3.05) is 25.0 Å². The highest BCUT2D eigenvalue weighted by atomic mass is 35.5. The van der Waals surface area contributed by atoms with Crippen molar-refractivity contribution in [2.45, 2.75) is 25.8 Å². The maximum absolute atomic E-state index is 12.0. The molecule has 1 fully saturated rings. The maximum atomic E-state index is 12.0. The van der Waals surface area contributed by atoms with Crippen molar-refractivity contribution in [1.29, 1.82) is 0 Å². The van der Waals surface area contributed by atoms with Crippen LogP contribution in [0.3, 0.4) is 0 Å². The predicted molar refractivity (Wildman–Crippen MR) is 78.5 cm³/mol. The monoisotopic (exact) mass is 281 g/mol. The minimum atomic E-state index is 0.000776. The summed E-state index contributed by atoms with van der Waals surface area (Å²) in [7, 11) is 0. The van der Waals surface area contributed by atoms with Gasteiger partial charge in [0.2, 0.25) is 5.91 Å². The fraction of sp³-hybridized carbons (Fsp3) is 0.500. The van der Waals surface area contributed by atoms with E-state index in [1.54, 1.807) is 0 Å². The highest BCUT2D eigenvalue weighted by molar-refractivity contribution is 6.31. The van der Waals surface area contributed by atoms with Gasteiger partial charge in [0, 0.05) is 29.8 Å². The predicted octanol–water partition coefficient (Wildman–Crippen LogP) is 2.01. The Balaban J connectivity index is 1.89. The Hall–Kier alpha value is -1.10. The smallest absolute Gasteiger partial charge is 0.238 e. The topological polar surface area (TPSA) is 58.4 Å². The Morgan fingerprint density at radius 3 is 2.84 bits per heavy atom. The van der Waals surface area contributed by atoms with Gasteiger partial charge in [-0.2, -0.15) is 0 Å². The van der Waals surface area contributed by atoms with Crippen molar-refractivity contribution in [3.63, 3.8) is 0 Å². The van der Waals surface area contributed by atoms with E-state index >= 15 is 0 Å². The highest BCUT2D eigenvalue weighted by Gasteiger charge is 2.18. The van der Waals surface area contributed by atoms with Crippen LogP contribution in [0.4, 0.5) is 5.69 Å². The minimum absolute atomic E-state index is 0.000776. The number of amides is 1. The van der Waals surface area contributed by atoms with Gasteiger partial charge in [0.25, 0.3) is 0 Å². The van der Waals surface area contributed by atoms with Crippen molar-refractivity contribution in [1.82, 2.24) is 4.90 Å². The summed E-state index contributed by atoms with van der Waals surface area (Å²) in [5, 5.41) is 3.58. The SMILES string of the molecule is Cc1c(Cl)cccc1NC(=O)CN1CCC(N)CC1. The minimum Gasteiger partial charge on any atom is -0.328 e. The molecule has 1 aliphatic rings. The number of halogens is 1. The number of carbonyl (C=O) groups excluding carboxylic acids is 1. The summed E-state index contributed by atoms with van der Waals surface area (Å²) in [6.45, 7) is 4.10. The molecule has 1 saturated heterocycles. The Labute approximate surface area is 118 Å². The van der Waals surface area contributed by atoms with E-state index in [-0.39, 0.29) is 11.9 Å². The molecule has 0 bridgehead atoms. The molecule has 1 amide bonds. The third kappa shape index (κ3) is 3.93. The number of hydrogen-bond acceptors (Lipinski definition) is 3. The van der Waals surface area contributed by atoms with Crippen LogP contribution in [-0.2, 0) is 4.79 Å². The molecule has 1 aliphatic heterocycles. The zero-order chi connectivity index (χ0) is 13.8. The van der Waals surface area contributed by atoms with Crippen molar-refractivity contribution < 1.29 is 4.79 Å². The van der Waals surface area contributed by atoms with Gasteiger partial charge in [0.1, 0.15) is 0 Å². The molecule has 104 valence electrons. The summed E-state index contributed by atoms with van der Waals surface area (Å²) in [4.78, 5) is 14.1. The van der Waals surface area contributed by atoms with E-state index < -0.39 is 0 Å². The van der Waals surface area contributed by atoms with Crippen LogP contribution < -0.4 is 11.1 Å². The molecule has 0 unspecified atom stereocenters. The zero-order valence-corrected chi connectivity index (χ0v) is 11.9. The Bertz CT molecular complexity index is 456. The average molecular weight is 282 g/mol. The standard InChI is InChI=1S/C14H20ClN3O/c1-10-12(15)3-2-4-13(10)17-14(19)9-18-7-5-11(16)6-8-18/h2-4,11H,5-9,16H2,1H3,(H,17,19). The van der Waals surface area contributed by atoms with Gasteiger partial charge in [0.15, 0.2) is 0 Å². The van der Waals surface area contributed by atoms with Crippen molar-refractivity contribution in [3.8, 4) is 0 Å². The molecule has 0 radical (unpaired) electrons. The number of nitrogens with one attached hydrogen (secondary N) is 1. The molecular formula is C14H20ClN3O. The number of piperidine rings is 1. The lowest BCUT2D eigenvalue weighted by Gasteiger charge is -2.29. The normalized spacial score (nSPS) is 17.4. The summed E-state index contributed by atoms with van der Waals surface area (Å²) in [6, 6.07) is 5.81. The molecule has 5 heteroatoms. The van der Waals surface area contributed by atoms with E-state index in [1.165, 1.54) is 0 Å². The Morgan fingerprint density at radius 1 is 1.47 bits per heavy atom. The van der Waals surface area contributed by atoms with Gasteiger partial charge in [-0.3, -0.25) is 9.69 Å². The molecule has 2 rings (SSSR count). The highest BCUT2D eigenvalue weighted by Crippen LogP contribution is 2.22. The molecule has 1 aromatic rings. The molecule has 0 spiro atoms. The van der Waals surface area contributed by atoms with Crippen molar-refractivity contribution in [2.24, 2.45) is 5.73 Å². The second-order valence-corrected chi connectivity index (χ2v) is 5.48. The fourth-order valence-electron chi connectivity index (χ4n) is 2.25. The van der Waals surface area contributed by atoms with Crippen molar-refractivity contribution >= 4 is 23.2 Å². The molecule has 0 saturated carbocycles. The zero-order valence-electron chi connectivity index (χ0n) is 11.2. The van der Waals surface area contributed by atoms with E-state index in [0.717, 1.165) is 37.2 Å². The molecule has 0 atom stereocenters. The Morgan fingerprint density at radius 2 is 2.16 bits per heavy atom. The number of likely N-dealkylation sites (tertiary alicyclic amines) is 1. The van der Waals surface area contributed by atoms with E-state index in [9.17, 15) is 4.79 Å². The summed E-state index contributed by atoms with van der Waals surface area (Å²) in [5.41, 5.74) is 7.53. The molecule has 1 heterocycles. The second kappa shape index (κ2) is 6.37. The van der Waals surface area contributed by atoms with Crippen molar-refractivity contribution in [3.05, 3.63) is 28.8 Å². The lowest BCUT2D eigenvalue weighted by molar-refractivity contribution is -0.117. The Kier molecular flexibility index (Phi) is 4.80. The first-order valence-electron chi connectivity index (χ1n) is 6.59. The maximum Gasteiger partial charge on any atom is 0.238 e. The molecular weight excluding hydrogens is 262 g/mol. The number of anilines is 1. The quantitative estimate of drug-likeness (QED) is 0.891. The van der Waals surface area contributed by atoms with Crippen LogP contribution in [0.1, 0.15) is 18.4 Å². The van der Waals surface area contributed by atoms with Gasteiger partial charge < -0.3 is 11.1 Å². The molecule has 4 nitrogen and oxygen atoms in total. The summed E-state index contributed by atoms with van der Waals surface area (Å²) < 4.78 is 0. The van der Waals surface area contributed by atoms with Gasteiger partial charge >= 0.3 is 0 Å². The van der Waals surface area contributed by atoms with Crippen LogP contribution in [0, 0.1) is 6.92 Å². The van der Waals surface area contributed by atoms with E-state index in [1.807, 2.05) is 25.1 Å². The lowest BCUT2D eigenvalue weighted by atomic mass is 10.1. The van der Waals surface area contributed by atoms with Crippen LogP contribution in [0.5, 0.6) is 0 Å². The molecule has 0 aliphatic carbocycles. The first kappa shape index (κ1) is 14.3. The third-order valence-corrected chi connectivity index (χ3v) is 3.95. The van der Waals surface area contributed by atoms with E-state index in [0.29, 0.717) is 11.6 Å². The van der Waals surface area contributed by atoms with E-state index in [4.69, 9.17) is 17.3 Å². The number of rotatable bonds is 3. The van der Waals surface area contributed by atoms with Crippen LogP contribution in [-0.4, -0.2) is 36.5 Å². The van der Waals surface area contributed by atoms with Crippen LogP contribution >= 0.6 is 11.6 Å². The van der Waals surface area contributed by atoms with Crippen LogP contribution in [0.2, 0.25) is 5.02 Å². The number of carbonyl (C=O) groups is 1. The van der Waals surface area contributed by atoms with Gasteiger partial charge in [-0.1, -0.05) is 17.7 Å². The van der Waals surface area contributed by atoms with Gasteiger partial charge in [0.05, 0.1) is 6.54 Å². The molecule has 0 aromatic heterocycles. The first-order valence-corrected chi connectivity index (χ1v) is 6.97. The number of nitrogens with two attached hydrogens (primary N) is 1. The number of benzene rings is 1.